The van der Waals surface area contributed by atoms with Gasteiger partial charge >= 0.3 is 0 Å². The molecule has 0 atom stereocenters. The molecule has 0 radical (unpaired) electrons. The van der Waals surface area contributed by atoms with Crippen molar-refractivity contribution in [3.05, 3.63) is 44.6 Å². The summed E-state index contributed by atoms with van der Waals surface area (Å²) in [5, 5.41) is 4.19. The maximum Gasteiger partial charge on any atom is 0.147 e. The normalized spacial score (nSPS) is 11.6. The largest absolute Gasteiger partial charge is 0.378 e. The molecule has 0 aliphatic heterocycles. The van der Waals surface area contributed by atoms with Crippen LogP contribution in [0.5, 0.6) is 0 Å². The Morgan fingerprint density at radius 2 is 2.11 bits per heavy atom. The minimum Gasteiger partial charge on any atom is -0.378 e. The molecule has 0 bridgehead atoms. The molecule has 0 amide bonds. The van der Waals surface area contributed by atoms with Crippen molar-refractivity contribution >= 4 is 33.0 Å². The number of halogens is 2. The van der Waals surface area contributed by atoms with Crippen molar-refractivity contribution in [1.82, 2.24) is 4.98 Å². The molecule has 0 aliphatic carbocycles. The van der Waals surface area contributed by atoms with Crippen LogP contribution in [0.2, 0.25) is 0 Å². The summed E-state index contributed by atoms with van der Waals surface area (Å²) < 4.78 is 14.4. The molecular weight excluding hydrogens is 327 g/mol. The summed E-state index contributed by atoms with van der Waals surface area (Å²) in [6.45, 7) is 7.00. The van der Waals surface area contributed by atoms with Gasteiger partial charge in [0.05, 0.1) is 17.2 Å². The van der Waals surface area contributed by atoms with Gasteiger partial charge in [0.1, 0.15) is 5.82 Å². The molecule has 1 heterocycles. The van der Waals surface area contributed by atoms with E-state index in [4.69, 9.17) is 0 Å². The third-order valence-electron chi connectivity index (χ3n) is 2.58. The second-order valence-corrected chi connectivity index (χ2v) is 7.39. The molecule has 0 saturated heterocycles. The number of rotatable bonds is 3. The third kappa shape index (κ3) is 3.76. The number of anilines is 1. The van der Waals surface area contributed by atoms with E-state index in [1.54, 1.807) is 17.4 Å². The van der Waals surface area contributed by atoms with E-state index in [0.29, 0.717) is 12.2 Å². The molecule has 0 spiro atoms. The number of nitrogens with zero attached hydrogens (tertiary/aromatic N) is 1. The van der Waals surface area contributed by atoms with Crippen LogP contribution in [0.3, 0.4) is 0 Å². The Hall–Kier alpha value is -0.940. The lowest BCUT2D eigenvalue weighted by atomic mass is 9.98. The molecule has 0 saturated carbocycles. The molecule has 1 aromatic carbocycles. The number of hydrogen-bond acceptors (Lipinski definition) is 3. The minimum atomic E-state index is -0.255. The van der Waals surface area contributed by atoms with Crippen molar-refractivity contribution < 1.29 is 4.39 Å². The zero-order valence-corrected chi connectivity index (χ0v) is 13.5. The summed E-state index contributed by atoms with van der Waals surface area (Å²) in [6.07, 6.45) is 1.86. The number of thiazole rings is 1. The van der Waals surface area contributed by atoms with Crippen molar-refractivity contribution in [1.29, 1.82) is 0 Å². The van der Waals surface area contributed by atoms with Crippen LogP contribution in [-0.4, -0.2) is 4.98 Å². The van der Waals surface area contributed by atoms with E-state index in [9.17, 15) is 4.39 Å². The van der Waals surface area contributed by atoms with Crippen molar-refractivity contribution in [2.24, 2.45) is 0 Å². The van der Waals surface area contributed by atoms with E-state index in [0.717, 1.165) is 14.4 Å². The molecule has 0 unspecified atom stereocenters. The molecular formula is C14H16BrFN2S. The number of benzene rings is 1. The number of aromatic nitrogens is 1. The number of nitrogens with one attached hydrogen (secondary N) is 1. The second kappa shape index (κ2) is 5.59. The van der Waals surface area contributed by atoms with Gasteiger partial charge in [0.25, 0.3) is 0 Å². The third-order valence-corrected chi connectivity index (χ3v) is 4.50. The van der Waals surface area contributed by atoms with Gasteiger partial charge in [-0.05, 0) is 18.2 Å². The highest BCUT2D eigenvalue weighted by molar-refractivity contribution is 9.10. The Bertz CT molecular complexity index is 575. The van der Waals surface area contributed by atoms with Gasteiger partial charge < -0.3 is 5.32 Å². The van der Waals surface area contributed by atoms with Crippen molar-refractivity contribution in [3.63, 3.8) is 0 Å². The summed E-state index contributed by atoms with van der Waals surface area (Å²) in [5.74, 6) is -0.255. The first-order valence-corrected chi connectivity index (χ1v) is 7.61. The molecule has 1 N–H and O–H groups in total. The fourth-order valence-electron chi connectivity index (χ4n) is 1.55. The lowest BCUT2D eigenvalue weighted by molar-refractivity contribution is 0.585. The van der Waals surface area contributed by atoms with E-state index < -0.39 is 0 Å². The Labute approximate surface area is 125 Å². The fourth-order valence-corrected chi connectivity index (χ4v) is 2.79. The van der Waals surface area contributed by atoms with Crippen molar-refractivity contribution in [2.45, 2.75) is 32.7 Å². The van der Waals surface area contributed by atoms with Crippen molar-refractivity contribution in [3.8, 4) is 0 Å². The van der Waals surface area contributed by atoms with Crippen LogP contribution in [0.15, 0.2) is 28.9 Å². The van der Waals surface area contributed by atoms with Gasteiger partial charge in [-0.25, -0.2) is 9.37 Å². The van der Waals surface area contributed by atoms with Crippen LogP contribution >= 0.6 is 27.3 Å². The Balaban J connectivity index is 2.04. The molecule has 19 heavy (non-hydrogen) atoms. The molecule has 102 valence electrons. The highest BCUT2D eigenvalue weighted by Crippen LogP contribution is 2.27. The van der Waals surface area contributed by atoms with E-state index in [-0.39, 0.29) is 11.2 Å². The lowest BCUT2D eigenvalue weighted by Gasteiger charge is -2.13. The van der Waals surface area contributed by atoms with Gasteiger partial charge in [-0.2, -0.15) is 0 Å². The van der Waals surface area contributed by atoms with E-state index in [1.165, 1.54) is 6.07 Å². The van der Waals surface area contributed by atoms with Gasteiger partial charge in [0.15, 0.2) is 0 Å². The van der Waals surface area contributed by atoms with Crippen molar-refractivity contribution in [2.75, 3.05) is 5.32 Å². The van der Waals surface area contributed by atoms with Gasteiger partial charge in [0, 0.05) is 21.0 Å². The highest BCUT2D eigenvalue weighted by atomic mass is 79.9. The summed E-state index contributed by atoms with van der Waals surface area (Å²) in [7, 11) is 0. The van der Waals surface area contributed by atoms with Crippen LogP contribution < -0.4 is 5.32 Å². The summed E-state index contributed by atoms with van der Waals surface area (Å²) in [6, 6.07) is 5.00. The molecule has 0 aliphatic rings. The number of hydrogen-bond donors (Lipinski definition) is 1. The second-order valence-electron chi connectivity index (χ2n) is 5.36. The lowest BCUT2D eigenvalue weighted by Crippen LogP contribution is -2.09. The van der Waals surface area contributed by atoms with Crippen LogP contribution in [0.1, 0.15) is 30.7 Å². The van der Waals surface area contributed by atoms with Gasteiger partial charge in [0.2, 0.25) is 0 Å². The molecule has 2 aromatic rings. The topological polar surface area (TPSA) is 24.9 Å². The van der Waals surface area contributed by atoms with Crippen LogP contribution in [0, 0.1) is 5.82 Å². The van der Waals surface area contributed by atoms with Gasteiger partial charge in [-0.3, -0.25) is 0 Å². The smallest absolute Gasteiger partial charge is 0.147 e. The maximum absolute atomic E-state index is 13.6. The standard InChI is InChI=1S/C14H16BrFN2S/c1-14(2,3)13-18-8-10(19-13)7-17-12-5-4-9(15)6-11(12)16/h4-6,8,17H,7H2,1-3H3. The van der Waals surface area contributed by atoms with E-state index in [1.807, 2.05) is 12.3 Å². The van der Waals surface area contributed by atoms with E-state index in [2.05, 4.69) is 47.0 Å². The molecule has 0 fully saturated rings. The van der Waals surface area contributed by atoms with Gasteiger partial charge in [-0.1, -0.05) is 36.7 Å². The van der Waals surface area contributed by atoms with Crippen LogP contribution in [0.4, 0.5) is 10.1 Å². The monoisotopic (exact) mass is 342 g/mol. The minimum absolute atomic E-state index is 0.0613. The van der Waals surface area contributed by atoms with E-state index >= 15 is 0 Å². The summed E-state index contributed by atoms with van der Waals surface area (Å²) in [5.41, 5.74) is 0.570. The first-order chi connectivity index (χ1) is 8.86. The molecule has 1 aromatic heterocycles. The fraction of sp³-hybridized carbons (Fsp3) is 0.357. The SMILES string of the molecule is CC(C)(C)c1ncc(CNc2ccc(Br)cc2F)s1. The average Bonchev–Trinajstić information content (AvgIpc) is 2.76. The quantitative estimate of drug-likeness (QED) is 0.853. The zero-order valence-electron chi connectivity index (χ0n) is 11.1. The van der Waals surface area contributed by atoms with Gasteiger partial charge in [-0.15, -0.1) is 11.3 Å². The predicted molar refractivity (Wildman–Crippen MR) is 82.2 cm³/mol. The first-order valence-electron chi connectivity index (χ1n) is 6.00. The Kier molecular flexibility index (Phi) is 4.26. The molecule has 2 rings (SSSR count). The Morgan fingerprint density at radius 1 is 1.37 bits per heavy atom. The zero-order chi connectivity index (χ0) is 14.0. The molecule has 5 heteroatoms. The maximum atomic E-state index is 13.6. The Morgan fingerprint density at radius 3 is 2.68 bits per heavy atom. The highest BCUT2D eigenvalue weighted by Gasteiger charge is 2.17. The first kappa shape index (κ1) is 14.5. The van der Waals surface area contributed by atoms with Crippen LogP contribution in [0.25, 0.3) is 0 Å². The summed E-state index contributed by atoms with van der Waals surface area (Å²) in [4.78, 5) is 5.52. The average molecular weight is 343 g/mol. The summed E-state index contributed by atoms with van der Waals surface area (Å²) >= 11 is 4.90. The van der Waals surface area contributed by atoms with Crippen LogP contribution in [-0.2, 0) is 12.0 Å². The molecule has 2 nitrogen and oxygen atoms in total. The predicted octanol–water partition coefficient (Wildman–Crippen LogP) is 4.95.